The molecular formula is C10H17ClO. The minimum Gasteiger partial charge on any atom is -0.281 e. The first-order valence-electron chi connectivity index (χ1n) is 4.66. The first kappa shape index (κ1) is 10.0. The minimum atomic E-state index is -0.178. The quantitative estimate of drug-likeness (QED) is 0.622. The van der Waals surface area contributed by atoms with Gasteiger partial charge in [0, 0.05) is 6.42 Å². The van der Waals surface area contributed by atoms with E-state index in [4.69, 9.17) is 11.6 Å². The van der Waals surface area contributed by atoms with Gasteiger partial charge in [-0.15, -0.1) is 0 Å². The number of carbonyl (C=O) groups is 1. The molecule has 2 heteroatoms. The molecule has 0 aromatic rings. The highest BCUT2D eigenvalue weighted by atomic mass is 35.5. The van der Waals surface area contributed by atoms with Gasteiger partial charge in [-0.2, -0.15) is 0 Å². The summed E-state index contributed by atoms with van der Waals surface area (Å²) in [6.45, 7) is 6.70. The van der Waals surface area contributed by atoms with Gasteiger partial charge < -0.3 is 0 Å². The molecule has 0 aromatic carbocycles. The highest BCUT2D eigenvalue weighted by Crippen LogP contribution is 2.54. The van der Waals surface area contributed by atoms with Gasteiger partial charge in [0.05, 0.1) is 0 Å². The maximum atomic E-state index is 10.7. The highest BCUT2D eigenvalue weighted by Gasteiger charge is 2.46. The van der Waals surface area contributed by atoms with Gasteiger partial charge in [0.15, 0.2) is 0 Å². The second-order valence-electron chi connectivity index (χ2n) is 4.42. The summed E-state index contributed by atoms with van der Waals surface area (Å²) >= 11 is 5.36. The Kier molecular flexibility index (Phi) is 2.82. The third-order valence-electron chi connectivity index (χ3n) is 3.57. The standard InChI is InChI=1S/C10H17ClO/c1-4-7-5-8(6-9(11)12)10(7,2)3/h7-8H,4-6H2,1-3H3. The molecule has 1 rings (SSSR count). The number of carbonyl (C=O) groups excluding carboxylic acids is 1. The van der Waals surface area contributed by atoms with Crippen molar-refractivity contribution >= 4 is 16.8 Å². The average molecular weight is 189 g/mol. The van der Waals surface area contributed by atoms with Crippen LogP contribution in [0.15, 0.2) is 0 Å². The van der Waals surface area contributed by atoms with E-state index in [1.54, 1.807) is 0 Å². The van der Waals surface area contributed by atoms with E-state index in [2.05, 4.69) is 20.8 Å². The number of rotatable bonds is 3. The molecule has 12 heavy (non-hydrogen) atoms. The molecule has 1 fully saturated rings. The molecule has 2 atom stereocenters. The lowest BCUT2D eigenvalue weighted by atomic mass is 9.53. The molecule has 0 heterocycles. The zero-order valence-corrected chi connectivity index (χ0v) is 8.82. The Hall–Kier alpha value is -0.0400. The lowest BCUT2D eigenvalue weighted by Gasteiger charge is -2.52. The van der Waals surface area contributed by atoms with Crippen LogP contribution in [-0.2, 0) is 4.79 Å². The van der Waals surface area contributed by atoms with Crippen molar-refractivity contribution in [3.8, 4) is 0 Å². The molecule has 0 N–H and O–H groups in total. The maximum absolute atomic E-state index is 10.7. The van der Waals surface area contributed by atoms with E-state index < -0.39 is 0 Å². The van der Waals surface area contributed by atoms with E-state index in [9.17, 15) is 4.79 Å². The fourth-order valence-corrected chi connectivity index (χ4v) is 2.54. The van der Waals surface area contributed by atoms with Crippen LogP contribution in [0.5, 0.6) is 0 Å². The SMILES string of the molecule is CCC1CC(CC(=O)Cl)C1(C)C. The summed E-state index contributed by atoms with van der Waals surface area (Å²) < 4.78 is 0. The van der Waals surface area contributed by atoms with Gasteiger partial charge in [-0.3, -0.25) is 4.79 Å². The van der Waals surface area contributed by atoms with Gasteiger partial charge in [-0.1, -0.05) is 27.2 Å². The van der Waals surface area contributed by atoms with Crippen LogP contribution in [0.1, 0.15) is 40.0 Å². The van der Waals surface area contributed by atoms with Crippen molar-refractivity contribution in [1.82, 2.24) is 0 Å². The Morgan fingerprint density at radius 3 is 2.42 bits per heavy atom. The van der Waals surface area contributed by atoms with Gasteiger partial charge in [0.2, 0.25) is 5.24 Å². The van der Waals surface area contributed by atoms with Crippen LogP contribution in [-0.4, -0.2) is 5.24 Å². The van der Waals surface area contributed by atoms with E-state index in [0.29, 0.717) is 17.8 Å². The van der Waals surface area contributed by atoms with Crippen molar-refractivity contribution in [1.29, 1.82) is 0 Å². The average Bonchev–Trinajstić information content (AvgIpc) is 1.96. The zero-order valence-electron chi connectivity index (χ0n) is 8.06. The smallest absolute Gasteiger partial charge is 0.221 e. The molecule has 1 nitrogen and oxygen atoms in total. The fraction of sp³-hybridized carbons (Fsp3) is 0.900. The van der Waals surface area contributed by atoms with Crippen LogP contribution in [0.25, 0.3) is 0 Å². The van der Waals surface area contributed by atoms with Crippen LogP contribution < -0.4 is 0 Å². The van der Waals surface area contributed by atoms with Crippen molar-refractivity contribution in [3.05, 3.63) is 0 Å². The van der Waals surface area contributed by atoms with Crippen molar-refractivity contribution in [2.24, 2.45) is 17.3 Å². The summed E-state index contributed by atoms with van der Waals surface area (Å²) in [7, 11) is 0. The van der Waals surface area contributed by atoms with Gasteiger partial charge in [-0.05, 0) is 35.3 Å². The maximum Gasteiger partial charge on any atom is 0.221 e. The van der Waals surface area contributed by atoms with E-state index in [0.717, 1.165) is 5.92 Å². The van der Waals surface area contributed by atoms with Crippen molar-refractivity contribution in [2.45, 2.75) is 40.0 Å². The molecule has 0 radical (unpaired) electrons. The number of hydrogen-bond donors (Lipinski definition) is 0. The molecule has 0 saturated heterocycles. The summed E-state index contributed by atoms with van der Waals surface area (Å²) in [6, 6.07) is 0. The summed E-state index contributed by atoms with van der Waals surface area (Å²) in [4.78, 5) is 10.7. The van der Waals surface area contributed by atoms with Crippen molar-refractivity contribution in [2.75, 3.05) is 0 Å². The summed E-state index contributed by atoms with van der Waals surface area (Å²) in [5, 5.41) is -0.178. The molecule has 1 aliphatic rings. The molecule has 0 aliphatic heterocycles. The second-order valence-corrected chi connectivity index (χ2v) is 4.84. The second kappa shape index (κ2) is 3.37. The molecule has 0 spiro atoms. The van der Waals surface area contributed by atoms with Gasteiger partial charge in [0.1, 0.15) is 0 Å². The van der Waals surface area contributed by atoms with Crippen LogP contribution in [0.3, 0.4) is 0 Å². The van der Waals surface area contributed by atoms with Crippen LogP contribution in [0, 0.1) is 17.3 Å². The molecule has 1 saturated carbocycles. The number of hydrogen-bond acceptors (Lipinski definition) is 1. The Bertz CT molecular complexity index is 186. The predicted octanol–water partition coefficient (Wildman–Crippen LogP) is 3.21. The largest absolute Gasteiger partial charge is 0.281 e. The first-order valence-corrected chi connectivity index (χ1v) is 5.04. The van der Waals surface area contributed by atoms with Crippen molar-refractivity contribution < 1.29 is 4.79 Å². The van der Waals surface area contributed by atoms with Gasteiger partial charge in [0.25, 0.3) is 0 Å². The monoisotopic (exact) mass is 188 g/mol. The third-order valence-corrected chi connectivity index (χ3v) is 3.73. The van der Waals surface area contributed by atoms with Crippen LogP contribution in [0.4, 0.5) is 0 Å². The molecule has 1 aliphatic carbocycles. The van der Waals surface area contributed by atoms with E-state index >= 15 is 0 Å². The molecule has 2 unspecified atom stereocenters. The van der Waals surface area contributed by atoms with Crippen LogP contribution in [0.2, 0.25) is 0 Å². The predicted molar refractivity (Wildman–Crippen MR) is 51.1 cm³/mol. The highest BCUT2D eigenvalue weighted by molar-refractivity contribution is 6.63. The van der Waals surface area contributed by atoms with Gasteiger partial charge in [-0.25, -0.2) is 0 Å². The Morgan fingerprint density at radius 1 is 1.50 bits per heavy atom. The van der Waals surface area contributed by atoms with Crippen molar-refractivity contribution in [3.63, 3.8) is 0 Å². The first-order chi connectivity index (χ1) is 5.48. The Balaban J connectivity index is 2.47. The van der Waals surface area contributed by atoms with E-state index in [1.807, 2.05) is 0 Å². The van der Waals surface area contributed by atoms with E-state index in [1.165, 1.54) is 12.8 Å². The summed E-state index contributed by atoms with van der Waals surface area (Å²) in [5.41, 5.74) is 0.333. The molecule has 70 valence electrons. The lowest BCUT2D eigenvalue weighted by Crippen LogP contribution is -2.44. The molecule has 0 amide bonds. The van der Waals surface area contributed by atoms with E-state index in [-0.39, 0.29) is 5.24 Å². The summed E-state index contributed by atoms with van der Waals surface area (Å²) in [5.74, 6) is 1.31. The lowest BCUT2D eigenvalue weighted by molar-refractivity contribution is -0.117. The normalized spacial score (nSPS) is 32.7. The minimum absolute atomic E-state index is 0.178. The Labute approximate surface area is 79.5 Å². The van der Waals surface area contributed by atoms with Gasteiger partial charge >= 0.3 is 0 Å². The van der Waals surface area contributed by atoms with Crippen LogP contribution >= 0.6 is 11.6 Å². The Morgan fingerprint density at radius 2 is 2.08 bits per heavy atom. The molecule has 0 aromatic heterocycles. The fourth-order valence-electron chi connectivity index (χ4n) is 2.36. The molecular weight excluding hydrogens is 172 g/mol. The zero-order chi connectivity index (χ0) is 9.35. The molecule has 0 bridgehead atoms. The topological polar surface area (TPSA) is 17.1 Å². The third kappa shape index (κ3) is 1.66. The summed E-state index contributed by atoms with van der Waals surface area (Å²) in [6.07, 6.45) is 2.97. The number of halogens is 1.